The van der Waals surface area contributed by atoms with Gasteiger partial charge in [0.2, 0.25) is 0 Å². The van der Waals surface area contributed by atoms with Crippen LogP contribution in [0.1, 0.15) is 31.4 Å². The molecular weight excluding hydrogens is 504 g/mol. The predicted octanol–water partition coefficient (Wildman–Crippen LogP) is 4.42. The van der Waals surface area contributed by atoms with Gasteiger partial charge in [0.15, 0.2) is 5.78 Å². The third-order valence-electron chi connectivity index (χ3n) is 6.88. The van der Waals surface area contributed by atoms with E-state index in [1.165, 1.54) is 55.8 Å². The number of fused-ring (bicyclic) bond motifs is 1. The Morgan fingerprint density at radius 1 is 1.27 bits per heavy atom. The van der Waals surface area contributed by atoms with Gasteiger partial charge in [-0.15, -0.1) is 0 Å². The van der Waals surface area contributed by atoms with Crippen molar-refractivity contribution in [1.82, 2.24) is 5.32 Å². The fourth-order valence-electron chi connectivity index (χ4n) is 4.99. The lowest BCUT2D eigenvalue weighted by Crippen LogP contribution is -2.56. The first-order chi connectivity index (χ1) is 17.4. The van der Waals surface area contributed by atoms with Gasteiger partial charge < -0.3 is 19.9 Å². The molecule has 0 spiro atoms. The van der Waals surface area contributed by atoms with Crippen LogP contribution in [0.2, 0.25) is 5.02 Å². The highest BCUT2D eigenvalue weighted by molar-refractivity contribution is 6.31. The zero-order chi connectivity index (χ0) is 27.0. The normalized spacial score (nSPS) is 20.5. The fourth-order valence-corrected chi connectivity index (χ4v) is 5.22. The van der Waals surface area contributed by atoms with Crippen LogP contribution >= 0.6 is 11.6 Å². The summed E-state index contributed by atoms with van der Waals surface area (Å²) in [6, 6.07) is 7.02. The summed E-state index contributed by atoms with van der Waals surface area (Å²) in [6.45, 7) is 3.60. The number of benzene rings is 2. The monoisotopic (exact) mass is 531 g/mol. The van der Waals surface area contributed by atoms with Gasteiger partial charge in [-0.3, -0.25) is 9.59 Å². The average molecular weight is 532 g/mol. The average Bonchev–Trinajstić information content (AvgIpc) is 3.33. The summed E-state index contributed by atoms with van der Waals surface area (Å²) in [6.07, 6.45) is 3.97. The second kappa shape index (κ2) is 10.3. The van der Waals surface area contributed by atoms with Gasteiger partial charge in [0.1, 0.15) is 35.6 Å². The smallest absolute Gasteiger partial charge is 0.253 e. The van der Waals surface area contributed by atoms with Gasteiger partial charge in [-0.25, -0.2) is 8.78 Å². The Hall–Kier alpha value is -3.23. The minimum Gasteiger partial charge on any atom is -0.500 e. The number of allylic oxidation sites excluding steroid dienone is 1. The molecule has 2 aromatic rings. The number of carbonyl (C=O) groups excluding carboxylic acids is 2. The van der Waals surface area contributed by atoms with E-state index in [1.807, 2.05) is 0 Å². The Balaban J connectivity index is 1.70. The number of nitrogens with one attached hydrogen (secondary N) is 1. The predicted molar refractivity (Wildman–Crippen MR) is 134 cm³/mol. The Labute approximate surface area is 218 Å². The number of Topliss-reactive ketones (excluding diaryl/α,β-unsaturated/α-hetero) is 1. The summed E-state index contributed by atoms with van der Waals surface area (Å²) in [4.78, 5) is 26.6. The van der Waals surface area contributed by atoms with E-state index in [4.69, 9.17) is 21.1 Å². The zero-order valence-electron chi connectivity index (χ0n) is 20.7. The van der Waals surface area contributed by atoms with Gasteiger partial charge in [0.25, 0.3) is 5.91 Å². The highest BCUT2D eigenvalue weighted by Gasteiger charge is 2.45. The van der Waals surface area contributed by atoms with Crippen LogP contribution in [0.4, 0.5) is 8.78 Å². The molecule has 1 amide bonds. The molecule has 9 heteroatoms. The van der Waals surface area contributed by atoms with Gasteiger partial charge in [-0.05, 0) is 42.2 Å². The van der Waals surface area contributed by atoms with E-state index in [0.717, 1.165) is 0 Å². The molecule has 3 atom stereocenters. The quantitative estimate of drug-likeness (QED) is 0.527. The maximum atomic E-state index is 14.8. The molecule has 1 aliphatic heterocycles. The first kappa shape index (κ1) is 26.8. The maximum Gasteiger partial charge on any atom is 0.253 e. The topological polar surface area (TPSA) is 84.9 Å². The van der Waals surface area contributed by atoms with Crippen LogP contribution in [0.25, 0.3) is 0 Å². The molecule has 0 aromatic heterocycles. The molecule has 2 aliphatic rings. The van der Waals surface area contributed by atoms with E-state index in [2.05, 4.69) is 5.32 Å². The number of rotatable bonds is 8. The van der Waals surface area contributed by atoms with Crippen LogP contribution in [0.5, 0.6) is 5.75 Å². The molecule has 0 radical (unpaired) electrons. The first-order valence-corrected chi connectivity index (χ1v) is 12.2. The van der Waals surface area contributed by atoms with Gasteiger partial charge in [-0.1, -0.05) is 43.7 Å². The summed E-state index contributed by atoms with van der Waals surface area (Å²) >= 11 is 6.24. The Bertz CT molecular complexity index is 1270. The molecule has 0 saturated carbocycles. The zero-order valence-corrected chi connectivity index (χ0v) is 21.4. The highest BCUT2D eigenvalue weighted by atomic mass is 35.5. The van der Waals surface area contributed by atoms with Crippen molar-refractivity contribution < 1.29 is 33.0 Å². The summed E-state index contributed by atoms with van der Waals surface area (Å²) in [5, 5.41) is 14.5. The lowest BCUT2D eigenvalue weighted by molar-refractivity contribution is -0.144. The van der Waals surface area contributed by atoms with E-state index in [1.54, 1.807) is 19.9 Å². The van der Waals surface area contributed by atoms with E-state index < -0.39 is 46.9 Å². The van der Waals surface area contributed by atoms with Crippen molar-refractivity contribution in [3.8, 4) is 5.75 Å². The second-order valence-corrected chi connectivity index (χ2v) is 10.4. The van der Waals surface area contributed by atoms with Crippen LogP contribution in [0.3, 0.4) is 0 Å². The van der Waals surface area contributed by atoms with Crippen molar-refractivity contribution >= 4 is 23.3 Å². The van der Waals surface area contributed by atoms with Crippen molar-refractivity contribution in [2.24, 2.45) is 5.92 Å². The molecule has 0 fully saturated rings. The van der Waals surface area contributed by atoms with Crippen molar-refractivity contribution in [3.05, 3.63) is 88.2 Å². The molecular formula is C28H28ClF2NO5. The first-order valence-electron chi connectivity index (χ1n) is 11.8. The highest BCUT2D eigenvalue weighted by Crippen LogP contribution is 2.40. The number of carbonyl (C=O) groups is 2. The third kappa shape index (κ3) is 5.40. The molecule has 37 heavy (non-hydrogen) atoms. The van der Waals surface area contributed by atoms with Gasteiger partial charge >= 0.3 is 0 Å². The molecule has 196 valence electrons. The molecule has 1 aliphatic carbocycles. The summed E-state index contributed by atoms with van der Waals surface area (Å²) < 4.78 is 39.6. The number of ketones is 1. The molecule has 4 rings (SSSR count). The molecule has 3 unspecified atom stereocenters. The van der Waals surface area contributed by atoms with E-state index >= 15 is 0 Å². The van der Waals surface area contributed by atoms with Crippen molar-refractivity contribution in [2.45, 2.75) is 43.7 Å². The number of methoxy groups -OCH3 is 1. The summed E-state index contributed by atoms with van der Waals surface area (Å²) in [5.41, 5.74) is -2.19. The molecule has 1 heterocycles. The molecule has 0 saturated heterocycles. The molecule has 0 bridgehead atoms. The van der Waals surface area contributed by atoms with Gasteiger partial charge in [-0.2, -0.15) is 0 Å². The summed E-state index contributed by atoms with van der Waals surface area (Å²) in [5.74, 6) is -2.52. The van der Waals surface area contributed by atoms with Crippen LogP contribution in [-0.4, -0.2) is 42.2 Å². The number of halogens is 3. The van der Waals surface area contributed by atoms with Gasteiger partial charge in [0.05, 0.1) is 19.3 Å². The third-order valence-corrected chi connectivity index (χ3v) is 7.24. The number of hydrogen-bond donors (Lipinski definition) is 2. The maximum absolute atomic E-state index is 14.8. The summed E-state index contributed by atoms with van der Waals surface area (Å²) in [7, 11) is 1.43. The Kier molecular flexibility index (Phi) is 7.44. The fraction of sp³-hybridized carbons (Fsp3) is 0.357. The standard InChI is InChI=1S/C28H28ClF2NO5/c1-27(2,20-11-17(30)8-10-24(20)36-3)15-28(35,12-18-21(29)5-4-6-22(18)31)26(34)32-23-9-7-16-13-37-14-19(16)25(23)33/h4-11,13,19,23,35H,12,14-15H2,1-3H3,(H,32,34). The Morgan fingerprint density at radius 3 is 2.73 bits per heavy atom. The Morgan fingerprint density at radius 2 is 2.03 bits per heavy atom. The van der Waals surface area contributed by atoms with Crippen molar-refractivity contribution in [2.75, 3.05) is 13.7 Å². The second-order valence-electron chi connectivity index (χ2n) is 10.0. The minimum absolute atomic E-state index is 0.0406. The molecule has 2 aromatic carbocycles. The molecule has 2 N–H and O–H groups in total. The number of amides is 1. The number of aliphatic hydroxyl groups is 1. The minimum atomic E-state index is -2.23. The van der Waals surface area contributed by atoms with Crippen molar-refractivity contribution in [3.63, 3.8) is 0 Å². The lowest BCUT2D eigenvalue weighted by atomic mass is 9.72. The number of hydrogen-bond acceptors (Lipinski definition) is 5. The SMILES string of the molecule is COc1ccc(F)cc1C(C)(C)CC(O)(Cc1c(F)cccc1Cl)C(=O)NC1C=CC2=COCC2C1=O. The lowest BCUT2D eigenvalue weighted by Gasteiger charge is -2.37. The van der Waals surface area contributed by atoms with Crippen LogP contribution in [0.15, 0.2) is 60.4 Å². The van der Waals surface area contributed by atoms with Crippen LogP contribution < -0.4 is 10.1 Å². The number of ether oxygens (including phenoxy) is 2. The van der Waals surface area contributed by atoms with Gasteiger partial charge in [0, 0.05) is 28.1 Å². The van der Waals surface area contributed by atoms with E-state index in [0.29, 0.717) is 16.9 Å². The van der Waals surface area contributed by atoms with E-state index in [-0.39, 0.29) is 29.4 Å². The molecule has 6 nitrogen and oxygen atoms in total. The van der Waals surface area contributed by atoms with Crippen molar-refractivity contribution in [1.29, 1.82) is 0 Å². The van der Waals surface area contributed by atoms with Crippen LogP contribution in [-0.2, 0) is 26.2 Å². The largest absolute Gasteiger partial charge is 0.500 e. The van der Waals surface area contributed by atoms with E-state index in [9.17, 15) is 23.5 Å². The van der Waals surface area contributed by atoms with Crippen LogP contribution in [0, 0.1) is 17.6 Å².